The molecule has 6 rings (SSSR count). The molecular weight excluding hydrogens is 396 g/mol. The first-order valence-corrected chi connectivity index (χ1v) is 11.5. The van der Waals surface area contributed by atoms with Crippen LogP contribution < -0.4 is 14.7 Å². The molecule has 2 aliphatic heterocycles. The van der Waals surface area contributed by atoms with Crippen LogP contribution in [-0.2, 0) is 19.5 Å². The molecule has 0 spiro atoms. The van der Waals surface area contributed by atoms with Crippen molar-refractivity contribution in [2.75, 3.05) is 44.7 Å². The molecule has 0 aliphatic carbocycles. The highest BCUT2D eigenvalue weighted by atomic mass is 32.1. The first kappa shape index (κ1) is 18.2. The maximum atomic E-state index is 4.92. The second-order valence-corrected chi connectivity index (χ2v) is 9.63. The number of benzene rings is 1. The predicted molar refractivity (Wildman–Crippen MR) is 116 cm³/mol. The van der Waals surface area contributed by atoms with Crippen LogP contribution in [0.15, 0.2) is 30.3 Å². The number of aromatic nitrogens is 5. The lowest BCUT2D eigenvalue weighted by Gasteiger charge is -2.31. The van der Waals surface area contributed by atoms with Crippen LogP contribution in [0.2, 0.25) is 0 Å². The van der Waals surface area contributed by atoms with Gasteiger partial charge in [-0.3, -0.25) is 0 Å². The number of hydrogen-bond donors (Lipinski definition) is 2. The van der Waals surface area contributed by atoms with Crippen LogP contribution in [0, 0.1) is 0 Å². The van der Waals surface area contributed by atoms with E-state index in [0.717, 1.165) is 62.9 Å². The average molecular weight is 423 g/mol. The molecule has 1 aromatic carbocycles. The molecule has 1 unspecified atom stereocenters. The molecule has 9 heteroatoms. The van der Waals surface area contributed by atoms with Crippen molar-refractivity contribution in [1.82, 2.24) is 25.0 Å². The zero-order valence-electron chi connectivity index (χ0n) is 17.1. The summed E-state index contributed by atoms with van der Waals surface area (Å²) < 4.78 is 1.83. The molecule has 0 amide bonds. The fourth-order valence-electron chi connectivity index (χ4n) is 4.80. The molecule has 2 aliphatic rings. The lowest BCUT2D eigenvalue weighted by molar-refractivity contribution is -0.929. The zero-order chi connectivity index (χ0) is 20.1. The minimum atomic E-state index is 0.607. The van der Waals surface area contributed by atoms with Crippen molar-refractivity contribution < 1.29 is 9.80 Å². The van der Waals surface area contributed by atoms with Gasteiger partial charge in [-0.2, -0.15) is 9.50 Å². The topological polar surface area (TPSA) is 68.1 Å². The largest absolute Gasteiger partial charge is 0.345 e. The summed E-state index contributed by atoms with van der Waals surface area (Å²) in [5, 5.41) is 13.6. The smallest absolute Gasteiger partial charge is 0.276 e. The Hall–Kier alpha value is -2.62. The number of tetrazole rings is 1. The van der Waals surface area contributed by atoms with Gasteiger partial charge in [0.25, 0.3) is 5.78 Å². The van der Waals surface area contributed by atoms with Gasteiger partial charge in [0, 0.05) is 12.0 Å². The van der Waals surface area contributed by atoms with Crippen molar-refractivity contribution in [1.29, 1.82) is 0 Å². The van der Waals surface area contributed by atoms with Gasteiger partial charge in [0.15, 0.2) is 0 Å². The number of rotatable bonds is 3. The van der Waals surface area contributed by atoms with Crippen LogP contribution in [0.3, 0.4) is 0 Å². The van der Waals surface area contributed by atoms with Gasteiger partial charge >= 0.3 is 0 Å². The van der Waals surface area contributed by atoms with Crippen LogP contribution in [-0.4, -0.2) is 64.8 Å². The summed E-state index contributed by atoms with van der Waals surface area (Å²) in [6, 6.07) is 10.8. The summed E-state index contributed by atoms with van der Waals surface area (Å²) >= 11 is 1.85. The van der Waals surface area contributed by atoms with Crippen molar-refractivity contribution in [3.63, 3.8) is 0 Å². The van der Waals surface area contributed by atoms with E-state index < -0.39 is 0 Å². The summed E-state index contributed by atoms with van der Waals surface area (Å²) in [4.78, 5) is 13.2. The SMILES string of the molecule is C[NH+]1CCN(c2nc3nnnn3c3sc4c(c23)CC[NH+](Cc2ccccc2)C4)CC1. The van der Waals surface area contributed by atoms with Crippen molar-refractivity contribution in [2.24, 2.45) is 0 Å². The van der Waals surface area contributed by atoms with E-state index in [1.807, 2.05) is 15.9 Å². The van der Waals surface area contributed by atoms with Crippen LogP contribution in [0.5, 0.6) is 0 Å². The van der Waals surface area contributed by atoms with Gasteiger partial charge in [-0.15, -0.1) is 11.3 Å². The third kappa shape index (κ3) is 3.05. The van der Waals surface area contributed by atoms with Gasteiger partial charge in [0.2, 0.25) is 0 Å². The van der Waals surface area contributed by atoms with Gasteiger partial charge in [-0.1, -0.05) is 35.4 Å². The predicted octanol–water partition coefficient (Wildman–Crippen LogP) is -0.790. The van der Waals surface area contributed by atoms with Gasteiger partial charge < -0.3 is 14.7 Å². The molecule has 30 heavy (non-hydrogen) atoms. The molecule has 3 aromatic heterocycles. The molecule has 8 nitrogen and oxygen atoms in total. The van der Waals surface area contributed by atoms with Gasteiger partial charge in [-0.25, -0.2) is 0 Å². The lowest BCUT2D eigenvalue weighted by atomic mass is 10.0. The number of quaternary nitrogens is 2. The number of thiophene rings is 1. The molecule has 4 aromatic rings. The lowest BCUT2D eigenvalue weighted by Crippen LogP contribution is -3.12. The Balaban J connectivity index is 1.41. The summed E-state index contributed by atoms with van der Waals surface area (Å²) in [5.41, 5.74) is 2.88. The van der Waals surface area contributed by atoms with Crippen molar-refractivity contribution in [2.45, 2.75) is 19.5 Å². The van der Waals surface area contributed by atoms with Crippen molar-refractivity contribution >= 4 is 33.1 Å². The number of nitrogens with one attached hydrogen (secondary N) is 2. The Kier molecular flexibility index (Phi) is 4.40. The molecule has 1 atom stereocenters. The van der Waals surface area contributed by atoms with E-state index in [1.165, 1.54) is 21.4 Å². The maximum Gasteiger partial charge on any atom is 0.276 e. The number of nitrogens with zero attached hydrogens (tertiary/aromatic N) is 6. The quantitative estimate of drug-likeness (QED) is 0.453. The van der Waals surface area contributed by atoms with Gasteiger partial charge in [0.05, 0.1) is 50.0 Å². The normalized spacial score (nSPS) is 20.2. The summed E-state index contributed by atoms with van der Waals surface area (Å²) in [6.07, 6.45) is 1.08. The van der Waals surface area contributed by atoms with E-state index in [0.29, 0.717) is 5.78 Å². The van der Waals surface area contributed by atoms with E-state index in [1.54, 1.807) is 9.80 Å². The molecular formula is C21H26N8S+2. The van der Waals surface area contributed by atoms with Crippen molar-refractivity contribution in [3.05, 3.63) is 46.3 Å². The van der Waals surface area contributed by atoms with E-state index in [4.69, 9.17) is 4.98 Å². The molecule has 0 saturated carbocycles. The summed E-state index contributed by atoms with van der Waals surface area (Å²) in [6.45, 7) is 7.61. The molecule has 1 saturated heterocycles. The minimum absolute atomic E-state index is 0.607. The Bertz CT molecular complexity index is 1190. The van der Waals surface area contributed by atoms with E-state index in [-0.39, 0.29) is 0 Å². The molecule has 5 heterocycles. The highest BCUT2D eigenvalue weighted by molar-refractivity contribution is 7.19. The number of likely N-dealkylation sites (N-methyl/N-ethyl adjacent to an activating group) is 1. The first-order chi connectivity index (χ1) is 14.8. The Morgan fingerprint density at radius 3 is 2.77 bits per heavy atom. The fourth-order valence-corrected chi connectivity index (χ4v) is 6.16. The monoisotopic (exact) mass is 422 g/mol. The zero-order valence-corrected chi connectivity index (χ0v) is 18.0. The standard InChI is InChI=1S/C21H24N8S/c1-26-9-11-28(12-10-26)19-18-16-7-8-27(13-15-5-3-2-4-6-15)14-17(16)30-20(18)29-21(22-19)23-24-25-29/h2-6H,7-14H2,1H3/p+2. The van der Waals surface area contributed by atoms with Gasteiger partial charge in [0.1, 0.15) is 23.7 Å². The Morgan fingerprint density at radius 1 is 1.10 bits per heavy atom. The van der Waals surface area contributed by atoms with E-state index in [2.05, 4.69) is 57.8 Å². The number of anilines is 1. The third-order valence-electron chi connectivity index (χ3n) is 6.50. The molecule has 154 valence electrons. The summed E-state index contributed by atoms with van der Waals surface area (Å²) in [7, 11) is 2.27. The van der Waals surface area contributed by atoms with Crippen LogP contribution >= 0.6 is 11.3 Å². The van der Waals surface area contributed by atoms with Crippen molar-refractivity contribution in [3.8, 4) is 0 Å². The second-order valence-electron chi connectivity index (χ2n) is 8.54. The fraction of sp³-hybridized carbons (Fsp3) is 0.429. The number of hydrogen-bond acceptors (Lipinski definition) is 6. The molecule has 1 fully saturated rings. The molecule has 2 N–H and O–H groups in total. The molecule has 0 bridgehead atoms. The van der Waals surface area contributed by atoms with Crippen LogP contribution in [0.1, 0.15) is 16.0 Å². The van der Waals surface area contributed by atoms with Crippen LogP contribution in [0.25, 0.3) is 16.0 Å². The van der Waals surface area contributed by atoms with Gasteiger partial charge in [-0.05, 0) is 16.0 Å². The number of fused-ring (bicyclic) bond motifs is 5. The Morgan fingerprint density at radius 2 is 1.93 bits per heavy atom. The molecule has 0 radical (unpaired) electrons. The van der Waals surface area contributed by atoms with Crippen LogP contribution in [0.4, 0.5) is 5.82 Å². The summed E-state index contributed by atoms with van der Waals surface area (Å²) in [5.74, 6) is 1.69. The van der Waals surface area contributed by atoms with E-state index >= 15 is 0 Å². The highest BCUT2D eigenvalue weighted by Crippen LogP contribution is 2.37. The third-order valence-corrected chi connectivity index (χ3v) is 7.71. The second kappa shape index (κ2) is 7.26. The van der Waals surface area contributed by atoms with E-state index in [9.17, 15) is 0 Å². The average Bonchev–Trinajstić information content (AvgIpc) is 3.38. The highest BCUT2D eigenvalue weighted by Gasteiger charge is 2.30. The minimum Gasteiger partial charge on any atom is -0.345 e. The Labute approximate surface area is 178 Å². The maximum absolute atomic E-state index is 4.92. The number of piperazine rings is 1. The first-order valence-electron chi connectivity index (χ1n) is 10.7.